The lowest BCUT2D eigenvalue weighted by Gasteiger charge is -2.29. The molecule has 0 aromatic carbocycles. The standard InChI is InChI=1S/C9H24N2O2Si/c1-5-9-11-14(10-6-2,12-7-3)13-8-4/h10-11H,5-9H2,1-4H3. The molecule has 0 atom stereocenters. The smallest absolute Gasteiger partial charge is 0.371 e. The van der Waals surface area contributed by atoms with Gasteiger partial charge in [-0.2, -0.15) is 0 Å². The Morgan fingerprint density at radius 3 is 1.86 bits per heavy atom. The fourth-order valence-corrected chi connectivity index (χ4v) is 3.71. The molecule has 0 spiro atoms. The van der Waals surface area contributed by atoms with E-state index in [4.69, 9.17) is 8.85 Å². The second-order valence-electron chi connectivity index (χ2n) is 2.94. The van der Waals surface area contributed by atoms with E-state index in [1.807, 2.05) is 13.8 Å². The van der Waals surface area contributed by atoms with Crippen molar-refractivity contribution in [2.45, 2.75) is 34.1 Å². The fourth-order valence-electron chi connectivity index (χ4n) is 1.24. The van der Waals surface area contributed by atoms with Gasteiger partial charge in [0, 0.05) is 13.2 Å². The molecule has 2 N–H and O–H groups in total. The SMILES string of the molecule is CCCN[Si](NCC)(OCC)OCC. The van der Waals surface area contributed by atoms with E-state index < -0.39 is 8.88 Å². The molecule has 5 heteroatoms. The van der Waals surface area contributed by atoms with Gasteiger partial charge in [-0.1, -0.05) is 13.8 Å². The van der Waals surface area contributed by atoms with Crippen LogP contribution in [0.2, 0.25) is 0 Å². The van der Waals surface area contributed by atoms with Crippen LogP contribution >= 0.6 is 0 Å². The highest BCUT2D eigenvalue weighted by atomic mass is 28.4. The van der Waals surface area contributed by atoms with Crippen molar-refractivity contribution in [3.05, 3.63) is 0 Å². The number of hydrogen-bond acceptors (Lipinski definition) is 4. The quantitative estimate of drug-likeness (QED) is 0.571. The van der Waals surface area contributed by atoms with Gasteiger partial charge in [0.05, 0.1) is 0 Å². The minimum Gasteiger partial charge on any atom is -0.371 e. The zero-order valence-corrected chi connectivity index (χ0v) is 10.9. The highest BCUT2D eigenvalue weighted by molar-refractivity contribution is 6.62. The largest absolute Gasteiger partial charge is 0.516 e. The first-order valence-corrected chi connectivity index (χ1v) is 7.34. The maximum atomic E-state index is 5.71. The third-order valence-electron chi connectivity index (χ3n) is 1.71. The number of nitrogens with one attached hydrogen (secondary N) is 2. The summed E-state index contributed by atoms with van der Waals surface area (Å²) in [6.45, 7) is 11.3. The molecule has 0 rings (SSSR count). The van der Waals surface area contributed by atoms with Gasteiger partial charge in [0.15, 0.2) is 0 Å². The minimum atomic E-state index is -2.32. The number of rotatable bonds is 9. The molecule has 0 fully saturated rings. The summed E-state index contributed by atoms with van der Waals surface area (Å²) in [5.41, 5.74) is 0. The Morgan fingerprint density at radius 1 is 0.929 bits per heavy atom. The van der Waals surface area contributed by atoms with Gasteiger partial charge in [-0.15, -0.1) is 0 Å². The molecule has 0 aliphatic carbocycles. The summed E-state index contributed by atoms with van der Waals surface area (Å²) in [6.07, 6.45) is 1.08. The van der Waals surface area contributed by atoms with Crippen LogP contribution in [0.4, 0.5) is 0 Å². The van der Waals surface area contributed by atoms with Gasteiger partial charge >= 0.3 is 8.88 Å². The first-order chi connectivity index (χ1) is 6.74. The Morgan fingerprint density at radius 2 is 1.50 bits per heavy atom. The van der Waals surface area contributed by atoms with Crippen LogP contribution in [-0.2, 0) is 8.85 Å². The lowest BCUT2D eigenvalue weighted by Crippen LogP contribution is -2.67. The Hall–Kier alpha value is 0.0569. The summed E-state index contributed by atoms with van der Waals surface area (Å²) in [6, 6.07) is 0. The third-order valence-corrected chi connectivity index (χ3v) is 4.64. The van der Waals surface area contributed by atoms with E-state index in [0.717, 1.165) is 19.5 Å². The highest BCUT2D eigenvalue weighted by Gasteiger charge is 2.37. The van der Waals surface area contributed by atoms with Crippen LogP contribution < -0.4 is 9.96 Å². The van der Waals surface area contributed by atoms with Crippen LogP contribution in [-0.4, -0.2) is 35.2 Å². The van der Waals surface area contributed by atoms with E-state index in [2.05, 4.69) is 23.8 Å². The van der Waals surface area contributed by atoms with Gasteiger partial charge in [-0.05, 0) is 33.4 Å². The van der Waals surface area contributed by atoms with E-state index in [0.29, 0.717) is 13.2 Å². The Kier molecular flexibility index (Phi) is 8.41. The van der Waals surface area contributed by atoms with Gasteiger partial charge in [0.2, 0.25) is 0 Å². The van der Waals surface area contributed by atoms with E-state index in [9.17, 15) is 0 Å². The lowest BCUT2D eigenvalue weighted by molar-refractivity contribution is 0.160. The zero-order valence-electron chi connectivity index (χ0n) is 9.85. The molecule has 14 heavy (non-hydrogen) atoms. The molecular weight excluding hydrogens is 196 g/mol. The Labute approximate surface area is 88.8 Å². The Balaban J connectivity index is 4.21. The predicted molar refractivity (Wildman–Crippen MR) is 61.0 cm³/mol. The summed E-state index contributed by atoms with van der Waals surface area (Å²) in [4.78, 5) is 6.69. The van der Waals surface area contributed by atoms with Crippen molar-refractivity contribution in [1.29, 1.82) is 0 Å². The van der Waals surface area contributed by atoms with E-state index in [-0.39, 0.29) is 0 Å². The molecule has 0 heterocycles. The van der Waals surface area contributed by atoms with Crippen molar-refractivity contribution in [2.24, 2.45) is 0 Å². The van der Waals surface area contributed by atoms with Crippen LogP contribution in [0.15, 0.2) is 0 Å². The number of hydrogen-bond donors (Lipinski definition) is 2. The van der Waals surface area contributed by atoms with Crippen LogP contribution in [0.5, 0.6) is 0 Å². The van der Waals surface area contributed by atoms with Crippen molar-refractivity contribution in [2.75, 3.05) is 26.3 Å². The fraction of sp³-hybridized carbons (Fsp3) is 1.00. The van der Waals surface area contributed by atoms with Crippen molar-refractivity contribution < 1.29 is 8.85 Å². The molecule has 0 amide bonds. The summed E-state index contributed by atoms with van der Waals surface area (Å²) >= 11 is 0. The molecule has 0 aromatic rings. The lowest BCUT2D eigenvalue weighted by atomic mass is 10.5. The minimum absolute atomic E-state index is 0.677. The highest BCUT2D eigenvalue weighted by Crippen LogP contribution is 1.99. The molecule has 0 aliphatic rings. The molecule has 0 unspecified atom stereocenters. The monoisotopic (exact) mass is 220 g/mol. The van der Waals surface area contributed by atoms with Gasteiger partial charge in [0.25, 0.3) is 0 Å². The van der Waals surface area contributed by atoms with Crippen molar-refractivity contribution in [1.82, 2.24) is 9.96 Å². The zero-order chi connectivity index (χ0) is 10.9. The molecule has 0 aliphatic heterocycles. The van der Waals surface area contributed by atoms with Crippen LogP contribution in [0.25, 0.3) is 0 Å². The van der Waals surface area contributed by atoms with Crippen molar-refractivity contribution >= 4 is 8.88 Å². The summed E-state index contributed by atoms with van der Waals surface area (Å²) in [5, 5.41) is 0. The average molecular weight is 220 g/mol. The third kappa shape index (κ3) is 5.07. The maximum Gasteiger partial charge on any atom is 0.516 e. The normalized spacial score (nSPS) is 12.0. The first-order valence-electron chi connectivity index (χ1n) is 5.52. The van der Waals surface area contributed by atoms with Crippen LogP contribution in [0, 0.1) is 0 Å². The van der Waals surface area contributed by atoms with E-state index >= 15 is 0 Å². The topological polar surface area (TPSA) is 42.5 Å². The average Bonchev–Trinajstić information content (AvgIpc) is 2.16. The molecule has 0 aromatic heterocycles. The van der Waals surface area contributed by atoms with Gasteiger partial charge in [-0.3, -0.25) is 9.96 Å². The first kappa shape index (κ1) is 14.1. The van der Waals surface area contributed by atoms with E-state index in [1.165, 1.54) is 0 Å². The Bertz CT molecular complexity index is 119. The summed E-state index contributed by atoms with van der Waals surface area (Å²) < 4.78 is 11.4. The molecule has 0 saturated carbocycles. The molecular formula is C9H24N2O2Si. The van der Waals surface area contributed by atoms with Crippen molar-refractivity contribution in [3.8, 4) is 0 Å². The van der Waals surface area contributed by atoms with Crippen molar-refractivity contribution in [3.63, 3.8) is 0 Å². The van der Waals surface area contributed by atoms with Gasteiger partial charge < -0.3 is 8.85 Å². The summed E-state index contributed by atoms with van der Waals surface area (Å²) in [7, 11) is -2.32. The summed E-state index contributed by atoms with van der Waals surface area (Å²) in [5.74, 6) is 0. The predicted octanol–water partition coefficient (Wildman–Crippen LogP) is 1.10. The second-order valence-corrected chi connectivity index (χ2v) is 5.46. The van der Waals surface area contributed by atoms with E-state index in [1.54, 1.807) is 0 Å². The maximum absolute atomic E-state index is 5.71. The molecule has 0 saturated heterocycles. The second kappa shape index (κ2) is 8.37. The molecule has 0 bridgehead atoms. The van der Waals surface area contributed by atoms with Crippen LogP contribution in [0.1, 0.15) is 34.1 Å². The molecule has 4 nitrogen and oxygen atoms in total. The van der Waals surface area contributed by atoms with Gasteiger partial charge in [-0.25, -0.2) is 0 Å². The van der Waals surface area contributed by atoms with Gasteiger partial charge in [0.1, 0.15) is 0 Å². The molecule has 86 valence electrons. The van der Waals surface area contributed by atoms with Crippen LogP contribution in [0.3, 0.4) is 0 Å². The molecule has 0 radical (unpaired) electrons.